The zero-order valence-electron chi connectivity index (χ0n) is 15.2. The normalized spacial score (nSPS) is 16.8. The van der Waals surface area contributed by atoms with Crippen molar-refractivity contribution in [3.63, 3.8) is 0 Å². The predicted octanol–water partition coefficient (Wildman–Crippen LogP) is 2.45. The van der Waals surface area contributed by atoms with E-state index in [0.717, 1.165) is 30.9 Å². The van der Waals surface area contributed by atoms with E-state index in [4.69, 9.17) is 0 Å². The highest BCUT2D eigenvalue weighted by Crippen LogP contribution is 2.17. The largest absolute Gasteiger partial charge is 0.375 e. The van der Waals surface area contributed by atoms with Crippen LogP contribution in [-0.4, -0.2) is 61.5 Å². The van der Waals surface area contributed by atoms with Gasteiger partial charge in [-0.1, -0.05) is 13.8 Å². The van der Waals surface area contributed by atoms with Gasteiger partial charge in [0.25, 0.3) is 5.91 Å². The van der Waals surface area contributed by atoms with E-state index >= 15 is 0 Å². The fraction of sp³-hybridized carbons (Fsp3) is 0.579. The van der Waals surface area contributed by atoms with Crippen molar-refractivity contribution in [3.8, 4) is 6.07 Å². The Bertz CT molecular complexity index is 582. The number of hydrogen-bond donors (Lipinski definition) is 0. The van der Waals surface area contributed by atoms with E-state index in [0.29, 0.717) is 19.0 Å². The van der Waals surface area contributed by atoms with Crippen LogP contribution in [0.2, 0.25) is 0 Å². The molecule has 0 spiro atoms. The van der Waals surface area contributed by atoms with Crippen LogP contribution in [0.1, 0.15) is 31.1 Å². The van der Waals surface area contributed by atoms with E-state index in [-0.39, 0.29) is 11.9 Å². The molecule has 0 bridgehead atoms. The maximum Gasteiger partial charge on any atom is 0.253 e. The molecule has 130 valence electrons. The minimum absolute atomic E-state index is 0.0638. The summed E-state index contributed by atoms with van der Waals surface area (Å²) in [6, 6.07) is 10.1. The number of carbonyl (C=O) groups is 1. The van der Waals surface area contributed by atoms with Gasteiger partial charge in [0, 0.05) is 51.0 Å². The Balaban J connectivity index is 1.97. The highest BCUT2D eigenvalue weighted by molar-refractivity contribution is 5.94. The SMILES string of the molecule is CCN(C)c1ccc(C(=O)N2CCN(C(C#N)C(C)C)CC2)cc1. The first kappa shape index (κ1) is 18.3. The molecule has 0 aromatic heterocycles. The van der Waals surface area contributed by atoms with Crippen molar-refractivity contribution >= 4 is 11.6 Å². The van der Waals surface area contributed by atoms with Crippen LogP contribution in [0.4, 0.5) is 5.69 Å². The molecule has 2 rings (SSSR count). The number of nitrogens with zero attached hydrogens (tertiary/aromatic N) is 4. The lowest BCUT2D eigenvalue weighted by atomic mass is 10.0. The number of piperazine rings is 1. The van der Waals surface area contributed by atoms with E-state index in [1.54, 1.807) is 0 Å². The number of anilines is 1. The summed E-state index contributed by atoms with van der Waals surface area (Å²) in [5.41, 5.74) is 1.85. The highest BCUT2D eigenvalue weighted by Gasteiger charge is 2.28. The van der Waals surface area contributed by atoms with Crippen LogP contribution < -0.4 is 4.90 Å². The third kappa shape index (κ3) is 4.07. The average molecular weight is 328 g/mol. The van der Waals surface area contributed by atoms with Crippen LogP contribution in [0.3, 0.4) is 0 Å². The second kappa shape index (κ2) is 8.16. The van der Waals surface area contributed by atoms with Crippen LogP contribution in [0.25, 0.3) is 0 Å². The molecule has 1 aliphatic heterocycles. The van der Waals surface area contributed by atoms with Crippen molar-refractivity contribution in [2.45, 2.75) is 26.8 Å². The molecule has 0 N–H and O–H groups in total. The summed E-state index contributed by atoms with van der Waals surface area (Å²) >= 11 is 0. The average Bonchev–Trinajstić information content (AvgIpc) is 2.61. The van der Waals surface area contributed by atoms with Gasteiger partial charge in [-0.3, -0.25) is 9.69 Å². The van der Waals surface area contributed by atoms with Crippen LogP contribution in [0.5, 0.6) is 0 Å². The number of nitriles is 1. The van der Waals surface area contributed by atoms with E-state index in [2.05, 4.69) is 36.6 Å². The Kier molecular flexibility index (Phi) is 6.22. The molecule has 0 saturated carbocycles. The van der Waals surface area contributed by atoms with Gasteiger partial charge < -0.3 is 9.80 Å². The van der Waals surface area contributed by atoms with Crippen molar-refractivity contribution in [2.24, 2.45) is 5.92 Å². The smallest absolute Gasteiger partial charge is 0.253 e. The molecule has 1 saturated heterocycles. The minimum atomic E-state index is -0.0638. The molecular formula is C19H28N4O. The summed E-state index contributed by atoms with van der Waals surface area (Å²) in [4.78, 5) is 18.9. The minimum Gasteiger partial charge on any atom is -0.375 e. The van der Waals surface area contributed by atoms with E-state index in [1.807, 2.05) is 36.2 Å². The highest BCUT2D eigenvalue weighted by atomic mass is 16.2. The summed E-state index contributed by atoms with van der Waals surface area (Å²) in [6.45, 7) is 10.1. The second-order valence-corrected chi connectivity index (χ2v) is 6.71. The molecule has 1 aromatic carbocycles. The monoisotopic (exact) mass is 328 g/mol. The van der Waals surface area contributed by atoms with Gasteiger partial charge in [-0.25, -0.2) is 0 Å². The number of carbonyl (C=O) groups excluding carboxylic acids is 1. The molecule has 1 aromatic rings. The third-order valence-corrected chi connectivity index (χ3v) is 4.79. The molecular weight excluding hydrogens is 300 g/mol. The Labute approximate surface area is 145 Å². The van der Waals surface area contributed by atoms with Crippen molar-refractivity contribution in [3.05, 3.63) is 29.8 Å². The number of rotatable bonds is 5. The zero-order valence-corrected chi connectivity index (χ0v) is 15.2. The molecule has 1 atom stereocenters. The Hall–Kier alpha value is -2.06. The lowest BCUT2D eigenvalue weighted by molar-refractivity contribution is 0.0577. The van der Waals surface area contributed by atoms with E-state index in [9.17, 15) is 10.1 Å². The fourth-order valence-electron chi connectivity index (χ4n) is 3.08. The molecule has 1 aliphatic rings. The summed E-state index contributed by atoms with van der Waals surface area (Å²) < 4.78 is 0. The summed E-state index contributed by atoms with van der Waals surface area (Å²) in [5.74, 6) is 0.388. The quantitative estimate of drug-likeness (QED) is 0.833. The van der Waals surface area contributed by atoms with E-state index in [1.165, 1.54) is 0 Å². The summed E-state index contributed by atoms with van der Waals surface area (Å²) in [7, 11) is 2.04. The number of amides is 1. The lowest BCUT2D eigenvalue weighted by Crippen LogP contribution is -2.52. The first-order valence-corrected chi connectivity index (χ1v) is 8.72. The van der Waals surface area contributed by atoms with Crippen LogP contribution in [0, 0.1) is 17.2 Å². The van der Waals surface area contributed by atoms with Gasteiger partial charge in [-0.2, -0.15) is 5.26 Å². The Morgan fingerprint density at radius 3 is 2.25 bits per heavy atom. The molecule has 1 heterocycles. The van der Waals surface area contributed by atoms with Crippen molar-refractivity contribution in [1.29, 1.82) is 5.26 Å². The molecule has 5 heteroatoms. The Morgan fingerprint density at radius 1 is 1.21 bits per heavy atom. The second-order valence-electron chi connectivity index (χ2n) is 6.71. The summed E-state index contributed by atoms with van der Waals surface area (Å²) in [5, 5.41) is 9.32. The van der Waals surface area contributed by atoms with Crippen LogP contribution in [-0.2, 0) is 0 Å². The Morgan fingerprint density at radius 2 is 1.79 bits per heavy atom. The van der Waals surface area contributed by atoms with Crippen LogP contribution in [0.15, 0.2) is 24.3 Å². The number of benzene rings is 1. The van der Waals surface area contributed by atoms with Gasteiger partial charge >= 0.3 is 0 Å². The standard InChI is InChI=1S/C19H28N4O/c1-5-21(4)17-8-6-16(7-9-17)19(24)23-12-10-22(11-13-23)18(14-20)15(2)3/h6-9,15,18H,5,10-13H2,1-4H3. The predicted molar refractivity (Wildman–Crippen MR) is 97.1 cm³/mol. The molecule has 1 amide bonds. The summed E-state index contributed by atoms with van der Waals surface area (Å²) in [6.07, 6.45) is 0. The number of hydrogen-bond acceptors (Lipinski definition) is 4. The van der Waals surface area contributed by atoms with Gasteiger partial charge in [0.05, 0.1) is 6.07 Å². The third-order valence-electron chi connectivity index (χ3n) is 4.79. The maximum absolute atomic E-state index is 12.7. The molecule has 1 fully saturated rings. The first-order chi connectivity index (χ1) is 11.5. The van der Waals surface area contributed by atoms with Gasteiger partial charge in [-0.05, 0) is 37.1 Å². The fourth-order valence-corrected chi connectivity index (χ4v) is 3.08. The molecule has 5 nitrogen and oxygen atoms in total. The van der Waals surface area contributed by atoms with Crippen LogP contribution >= 0.6 is 0 Å². The zero-order chi connectivity index (χ0) is 17.7. The molecule has 24 heavy (non-hydrogen) atoms. The van der Waals surface area contributed by atoms with Crippen molar-refractivity contribution < 1.29 is 4.79 Å². The van der Waals surface area contributed by atoms with E-state index < -0.39 is 0 Å². The van der Waals surface area contributed by atoms with Crippen molar-refractivity contribution in [1.82, 2.24) is 9.80 Å². The van der Waals surface area contributed by atoms with Gasteiger partial charge in [-0.15, -0.1) is 0 Å². The molecule has 1 unspecified atom stereocenters. The van der Waals surface area contributed by atoms with Gasteiger partial charge in [0.2, 0.25) is 0 Å². The molecule has 0 radical (unpaired) electrons. The maximum atomic E-state index is 12.7. The topological polar surface area (TPSA) is 50.6 Å². The lowest BCUT2D eigenvalue weighted by Gasteiger charge is -2.38. The van der Waals surface area contributed by atoms with Gasteiger partial charge in [0.1, 0.15) is 6.04 Å². The molecule has 0 aliphatic carbocycles. The first-order valence-electron chi connectivity index (χ1n) is 8.72. The van der Waals surface area contributed by atoms with Gasteiger partial charge in [0.15, 0.2) is 0 Å². The van der Waals surface area contributed by atoms with Crippen molar-refractivity contribution in [2.75, 3.05) is 44.7 Å².